The molecule has 0 heterocycles. The molecule has 0 aliphatic rings. The van der Waals surface area contributed by atoms with Crippen molar-refractivity contribution in [2.45, 2.75) is 31.6 Å². The van der Waals surface area contributed by atoms with E-state index in [1.807, 2.05) is 44.2 Å². The Labute approximate surface area is 168 Å². The van der Waals surface area contributed by atoms with Gasteiger partial charge in [0.15, 0.2) is 15.8 Å². The van der Waals surface area contributed by atoms with E-state index in [-0.39, 0.29) is 41.1 Å². The van der Waals surface area contributed by atoms with Crippen molar-refractivity contribution in [3.8, 4) is 0 Å². The number of hydrogen-bond donors (Lipinski definition) is 2. The van der Waals surface area contributed by atoms with Gasteiger partial charge in [0.2, 0.25) is 0 Å². The van der Waals surface area contributed by atoms with E-state index < -0.39 is 9.84 Å². The van der Waals surface area contributed by atoms with Gasteiger partial charge in [0.05, 0.1) is 17.1 Å². The summed E-state index contributed by atoms with van der Waals surface area (Å²) in [6.45, 7) is 5.10. The molecule has 25 heavy (non-hydrogen) atoms. The fraction of sp³-hybridized carbons (Fsp3) is 0.588. The van der Waals surface area contributed by atoms with Crippen LogP contribution in [0, 0.1) is 0 Å². The molecular formula is C17H30IN3O3S. The number of halogens is 1. The van der Waals surface area contributed by atoms with Gasteiger partial charge in [0.1, 0.15) is 0 Å². The standard InChI is InChI=1S/C17H29N3O3S.HI/c1-17(2,23-4)14-20-16(18-3)19-11-8-12-24(21,22)13-15-9-6-5-7-10-15;/h5-7,9-10H,8,11-14H2,1-4H3,(H2,18,19,20);1H. The maximum absolute atomic E-state index is 12.1. The number of methoxy groups -OCH3 is 1. The molecule has 0 atom stereocenters. The highest BCUT2D eigenvalue weighted by molar-refractivity contribution is 14.0. The molecule has 1 aromatic rings. The van der Waals surface area contributed by atoms with E-state index in [0.717, 1.165) is 5.56 Å². The topological polar surface area (TPSA) is 79.8 Å². The maximum Gasteiger partial charge on any atom is 0.191 e. The van der Waals surface area contributed by atoms with E-state index in [0.29, 0.717) is 25.5 Å². The lowest BCUT2D eigenvalue weighted by molar-refractivity contribution is 0.0268. The summed E-state index contributed by atoms with van der Waals surface area (Å²) in [5.74, 6) is 0.874. The molecule has 0 amide bonds. The molecule has 0 fully saturated rings. The van der Waals surface area contributed by atoms with Crippen LogP contribution < -0.4 is 10.6 Å². The monoisotopic (exact) mass is 483 g/mol. The van der Waals surface area contributed by atoms with Gasteiger partial charge in [-0.15, -0.1) is 24.0 Å². The molecule has 0 aliphatic carbocycles. The van der Waals surface area contributed by atoms with Gasteiger partial charge < -0.3 is 15.4 Å². The zero-order valence-electron chi connectivity index (χ0n) is 15.4. The summed E-state index contributed by atoms with van der Waals surface area (Å²) < 4.78 is 29.6. The van der Waals surface area contributed by atoms with Crippen LogP contribution in [0.2, 0.25) is 0 Å². The predicted molar refractivity (Wildman–Crippen MR) is 114 cm³/mol. The Kier molecular flexibility index (Phi) is 11.3. The minimum Gasteiger partial charge on any atom is -0.377 e. The normalized spacial score (nSPS) is 12.4. The number of guanidine groups is 1. The Balaban J connectivity index is 0.00000576. The van der Waals surface area contributed by atoms with Gasteiger partial charge >= 0.3 is 0 Å². The fourth-order valence-electron chi connectivity index (χ4n) is 1.99. The van der Waals surface area contributed by atoms with Crippen LogP contribution >= 0.6 is 24.0 Å². The molecule has 0 bridgehead atoms. The number of benzene rings is 1. The first-order chi connectivity index (χ1) is 11.3. The van der Waals surface area contributed by atoms with Crippen LogP contribution in [0.3, 0.4) is 0 Å². The maximum atomic E-state index is 12.1. The van der Waals surface area contributed by atoms with Crippen LogP contribution in [0.5, 0.6) is 0 Å². The molecule has 0 saturated heterocycles. The van der Waals surface area contributed by atoms with Gasteiger partial charge in [0.25, 0.3) is 0 Å². The van der Waals surface area contributed by atoms with Gasteiger partial charge in [0, 0.05) is 27.2 Å². The zero-order chi connectivity index (χ0) is 18.1. The molecule has 1 aromatic carbocycles. The number of ether oxygens (including phenoxy) is 1. The lowest BCUT2D eigenvalue weighted by atomic mass is 10.1. The van der Waals surface area contributed by atoms with E-state index in [2.05, 4.69) is 15.6 Å². The SMILES string of the molecule is CN=C(NCCCS(=O)(=O)Cc1ccccc1)NCC(C)(C)OC.I. The predicted octanol–water partition coefficient (Wildman–Crippen LogP) is 2.20. The van der Waals surface area contributed by atoms with E-state index in [1.165, 1.54) is 0 Å². The highest BCUT2D eigenvalue weighted by Gasteiger charge is 2.16. The molecular weight excluding hydrogens is 453 g/mol. The molecule has 8 heteroatoms. The first-order valence-corrected chi connectivity index (χ1v) is 9.84. The average molecular weight is 483 g/mol. The molecule has 0 radical (unpaired) electrons. The Hall–Kier alpha value is -0.870. The van der Waals surface area contributed by atoms with Crippen LogP contribution in [0.1, 0.15) is 25.8 Å². The highest BCUT2D eigenvalue weighted by Crippen LogP contribution is 2.07. The number of aliphatic imine (C=N–C) groups is 1. The van der Waals surface area contributed by atoms with E-state index >= 15 is 0 Å². The number of nitrogens with one attached hydrogen (secondary N) is 2. The van der Waals surface area contributed by atoms with E-state index in [4.69, 9.17) is 4.74 Å². The quantitative estimate of drug-likeness (QED) is 0.244. The number of sulfone groups is 1. The summed E-state index contributed by atoms with van der Waals surface area (Å²) in [6.07, 6.45) is 0.531. The van der Waals surface area contributed by atoms with Gasteiger partial charge in [-0.25, -0.2) is 8.42 Å². The number of nitrogens with zero attached hydrogens (tertiary/aromatic N) is 1. The lowest BCUT2D eigenvalue weighted by Crippen LogP contribution is -2.45. The Morgan fingerprint density at radius 2 is 1.84 bits per heavy atom. The third-order valence-corrected chi connectivity index (χ3v) is 5.30. The minimum atomic E-state index is -3.10. The molecule has 2 N–H and O–H groups in total. The Morgan fingerprint density at radius 1 is 1.20 bits per heavy atom. The summed E-state index contributed by atoms with van der Waals surface area (Å²) >= 11 is 0. The van der Waals surface area contributed by atoms with Crippen molar-refractivity contribution in [1.82, 2.24) is 10.6 Å². The molecule has 0 aromatic heterocycles. The zero-order valence-corrected chi connectivity index (χ0v) is 18.6. The summed E-state index contributed by atoms with van der Waals surface area (Å²) in [4.78, 5) is 4.12. The number of rotatable bonds is 9. The molecule has 0 aliphatic heterocycles. The summed E-state index contributed by atoms with van der Waals surface area (Å²) in [5, 5.41) is 6.28. The van der Waals surface area contributed by atoms with Crippen LogP contribution in [0.15, 0.2) is 35.3 Å². The fourth-order valence-corrected chi connectivity index (χ4v) is 3.42. The van der Waals surface area contributed by atoms with Crippen LogP contribution in [-0.4, -0.2) is 53.0 Å². The third kappa shape index (κ3) is 10.7. The van der Waals surface area contributed by atoms with Crippen molar-refractivity contribution in [3.05, 3.63) is 35.9 Å². The molecule has 0 unspecified atom stereocenters. The smallest absolute Gasteiger partial charge is 0.191 e. The van der Waals surface area contributed by atoms with Gasteiger partial charge in [-0.1, -0.05) is 30.3 Å². The second-order valence-corrected chi connectivity index (χ2v) is 8.43. The number of hydrogen-bond acceptors (Lipinski definition) is 4. The van der Waals surface area contributed by atoms with E-state index in [9.17, 15) is 8.42 Å². The van der Waals surface area contributed by atoms with Crippen molar-refractivity contribution < 1.29 is 13.2 Å². The van der Waals surface area contributed by atoms with E-state index in [1.54, 1.807) is 14.2 Å². The first kappa shape index (κ1) is 24.1. The Bertz CT molecular complexity index is 619. The molecule has 6 nitrogen and oxygen atoms in total. The van der Waals surface area contributed by atoms with Crippen molar-refractivity contribution in [2.75, 3.05) is 33.0 Å². The molecule has 144 valence electrons. The second kappa shape index (κ2) is 11.7. The van der Waals surface area contributed by atoms with Crippen molar-refractivity contribution in [1.29, 1.82) is 0 Å². The second-order valence-electron chi connectivity index (χ2n) is 6.25. The molecule has 1 rings (SSSR count). The third-order valence-electron chi connectivity index (χ3n) is 3.61. The van der Waals surface area contributed by atoms with Crippen LogP contribution in [0.4, 0.5) is 0 Å². The Morgan fingerprint density at radius 3 is 2.40 bits per heavy atom. The van der Waals surface area contributed by atoms with Gasteiger partial charge in [-0.3, -0.25) is 4.99 Å². The van der Waals surface area contributed by atoms with Gasteiger partial charge in [-0.05, 0) is 25.8 Å². The molecule has 0 spiro atoms. The average Bonchev–Trinajstić information content (AvgIpc) is 2.54. The van der Waals surface area contributed by atoms with Crippen LogP contribution in [-0.2, 0) is 20.3 Å². The van der Waals surface area contributed by atoms with Gasteiger partial charge in [-0.2, -0.15) is 0 Å². The van der Waals surface area contributed by atoms with Crippen molar-refractivity contribution >= 4 is 39.8 Å². The first-order valence-electron chi connectivity index (χ1n) is 8.02. The highest BCUT2D eigenvalue weighted by atomic mass is 127. The van der Waals surface area contributed by atoms with Crippen molar-refractivity contribution in [3.63, 3.8) is 0 Å². The molecule has 0 saturated carbocycles. The minimum absolute atomic E-state index is 0. The van der Waals surface area contributed by atoms with Crippen LogP contribution in [0.25, 0.3) is 0 Å². The largest absolute Gasteiger partial charge is 0.377 e. The summed E-state index contributed by atoms with van der Waals surface area (Å²) in [5.41, 5.74) is 0.529. The summed E-state index contributed by atoms with van der Waals surface area (Å²) in [6, 6.07) is 9.24. The lowest BCUT2D eigenvalue weighted by Gasteiger charge is -2.24. The summed E-state index contributed by atoms with van der Waals surface area (Å²) in [7, 11) is 0.245. The van der Waals surface area contributed by atoms with Crippen molar-refractivity contribution in [2.24, 2.45) is 4.99 Å².